The average molecular weight is 146 g/mol. The Morgan fingerprint density at radius 1 is 1.40 bits per heavy atom. The van der Waals surface area contributed by atoms with Crippen molar-refractivity contribution in [2.24, 2.45) is 0 Å². The summed E-state index contributed by atoms with van der Waals surface area (Å²) >= 11 is 0. The first-order valence-electron chi connectivity index (χ1n) is 3.71. The van der Waals surface area contributed by atoms with Crippen LogP contribution >= 0.6 is 0 Å². The summed E-state index contributed by atoms with van der Waals surface area (Å²) in [7, 11) is 0. The van der Waals surface area contributed by atoms with E-state index in [4.69, 9.17) is 0 Å². The summed E-state index contributed by atoms with van der Waals surface area (Å²) in [5.41, 5.74) is 0. The molecule has 0 aromatic carbocycles. The van der Waals surface area contributed by atoms with E-state index >= 15 is 0 Å². The highest BCUT2D eigenvalue weighted by Gasteiger charge is 1.93. The van der Waals surface area contributed by atoms with E-state index < -0.39 is 0 Å². The molecule has 0 saturated carbocycles. The molecular formula is C8H18O2. The minimum Gasteiger partial charge on any atom is -0.463 e. The molecule has 0 atom stereocenters. The summed E-state index contributed by atoms with van der Waals surface area (Å²) < 4.78 is 4.61. The fourth-order valence-corrected chi connectivity index (χ4v) is 0.332. The molecule has 0 saturated heterocycles. The van der Waals surface area contributed by atoms with E-state index in [0.29, 0.717) is 0 Å². The molecule has 0 radical (unpaired) electrons. The largest absolute Gasteiger partial charge is 0.463 e. The van der Waals surface area contributed by atoms with Crippen LogP contribution in [0.15, 0.2) is 0 Å². The van der Waals surface area contributed by atoms with Gasteiger partial charge in [0, 0.05) is 6.92 Å². The molecule has 0 bridgehead atoms. The van der Waals surface area contributed by atoms with Gasteiger partial charge in [-0.3, -0.25) is 4.79 Å². The zero-order valence-corrected chi connectivity index (χ0v) is 7.60. The van der Waals surface area contributed by atoms with Gasteiger partial charge in [-0.25, -0.2) is 0 Å². The highest BCUT2D eigenvalue weighted by atomic mass is 16.5. The number of carbonyl (C=O) groups is 1. The lowest BCUT2D eigenvalue weighted by Gasteiger charge is -2.01. The van der Waals surface area contributed by atoms with Gasteiger partial charge in [0.15, 0.2) is 0 Å². The maximum Gasteiger partial charge on any atom is 0.302 e. The second kappa shape index (κ2) is 8.47. The normalized spacial score (nSPS) is 8.20. The van der Waals surface area contributed by atoms with Crippen LogP contribution in [0.3, 0.4) is 0 Å². The van der Waals surface area contributed by atoms with Crippen LogP contribution in [-0.2, 0) is 9.53 Å². The Hall–Kier alpha value is -0.530. The van der Waals surface area contributed by atoms with E-state index in [0.717, 1.165) is 0 Å². The van der Waals surface area contributed by atoms with Crippen molar-refractivity contribution in [2.45, 2.75) is 47.1 Å². The fraction of sp³-hybridized carbons (Fsp3) is 0.875. The number of hydrogen-bond donors (Lipinski definition) is 0. The van der Waals surface area contributed by atoms with Crippen molar-refractivity contribution in [1.82, 2.24) is 0 Å². The molecule has 10 heavy (non-hydrogen) atoms. The Bertz CT molecular complexity index is 77.3. The first kappa shape index (κ1) is 12.2. The lowest BCUT2D eigenvalue weighted by atomic mass is 10.5. The van der Waals surface area contributed by atoms with Crippen LogP contribution < -0.4 is 0 Å². The molecule has 0 N–H and O–H groups in total. The predicted molar refractivity (Wildman–Crippen MR) is 42.9 cm³/mol. The Balaban J connectivity index is 0. The zero-order chi connectivity index (χ0) is 8.57. The molecule has 0 rings (SSSR count). The first-order valence-corrected chi connectivity index (χ1v) is 3.71. The van der Waals surface area contributed by atoms with Crippen LogP contribution in [0.1, 0.15) is 41.0 Å². The topological polar surface area (TPSA) is 26.3 Å². The second-order valence-corrected chi connectivity index (χ2v) is 2.37. The van der Waals surface area contributed by atoms with Gasteiger partial charge in [-0.05, 0) is 13.8 Å². The summed E-state index contributed by atoms with van der Waals surface area (Å²) in [6.07, 6.45) is 1.28. The summed E-state index contributed by atoms with van der Waals surface area (Å²) in [4.78, 5) is 10.0. The van der Waals surface area contributed by atoms with Crippen LogP contribution in [0, 0.1) is 0 Å². The molecule has 0 unspecified atom stereocenters. The van der Waals surface area contributed by atoms with Gasteiger partial charge in [0.25, 0.3) is 0 Å². The molecule has 0 aromatic heterocycles. The van der Waals surface area contributed by atoms with Crippen LogP contribution in [-0.4, -0.2) is 12.1 Å². The van der Waals surface area contributed by atoms with Gasteiger partial charge >= 0.3 is 5.97 Å². The Morgan fingerprint density at radius 3 is 1.70 bits per heavy atom. The van der Waals surface area contributed by atoms with Crippen molar-refractivity contribution in [3.8, 4) is 0 Å². The summed E-state index contributed by atoms with van der Waals surface area (Å²) in [6.45, 7) is 9.29. The lowest BCUT2D eigenvalue weighted by Crippen LogP contribution is -2.06. The van der Waals surface area contributed by atoms with E-state index in [-0.39, 0.29) is 12.1 Å². The van der Waals surface area contributed by atoms with Gasteiger partial charge in [-0.2, -0.15) is 0 Å². The van der Waals surface area contributed by atoms with E-state index in [2.05, 4.69) is 18.6 Å². The molecule has 0 fully saturated rings. The molecule has 0 aromatic rings. The van der Waals surface area contributed by atoms with E-state index in [1.54, 1.807) is 0 Å². The highest BCUT2D eigenvalue weighted by Crippen LogP contribution is 1.85. The Kier molecular flexibility index (Phi) is 10.3. The van der Waals surface area contributed by atoms with Gasteiger partial charge in [0.1, 0.15) is 0 Å². The number of esters is 1. The van der Waals surface area contributed by atoms with Crippen LogP contribution in [0.5, 0.6) is 0 Å². The standard InChI is InChI=1S/C5H10O2.C3H8/c1-4(2)7-5(3)6;1-3-2/h4H,1-3H3;3H2,1-2H3. The quantitative estimate of drug-likeness (QED) is 0.531. The molecule has 0 aliphatic rings. The number of ether oxygens (including phenoxy) is 1. The van der Waals surface area contributed by atoms with Crippen molar-refractivity contribution in [1.29, 1.82) is 0 Å². The molecule has 0 spiro atoms. The fourth-order valence-electron chi connectivity index (χ4n) is 0.332. The summed E-state index contributed by atoms with van der Waals surface area (Å²) in [5, 5.41) is 0. The van der Waals surface area contributed by atoms with Gasteiger partial charge in [-0.1, -0.05) is 20.3 Å². The van der Waals surface area contributed by atoms with Crippen molar-refractivity contribution in [3.63, 3.8) is 0 Å². The molecule has 62 valence electrons. The number of carbonyl (C=O) groups excluding carboxylic acids is 1. The lowest BCUT2D eigenvalue weighted by molar-refractivity contribution is -0.144. The zero-order valence-electron chi connectivity index (χ0n) is 7.60. The third-order valence-electron chi connectivity index (χ3n) is 0.402. The second-order valence-electron chi connectivity index (χ2n) is 2.37. The smallest absolute Gasteiger partial charge is 0.302 e. The maximum atomic E-state index is 10.0. The van der Waals surface area contributed by atoms with Gasteiger partial charge < -0.3 is 4.74 Å². The van der Waals surface area contributed by atoms with E-state index in [1.807, 2.05) is 13.8 Å². The molecule has 0 aliphatic carbocycles. The van der Waals surface area contributed by atoms with Gasteiger partial charge in [0.2, 0.25) is 0 Å². The minimum atomic E-state index is -0.213. The number of hydrogen-bond acceptors (Lipinski definition) is 2. The minimum absolute atomic E-state index is 0.0255. The van der Waals surface area contributed by atoms with Crippen LogP contribution in [0.4, 0.5) is 0 Å². The maximum absolute atomic E-state index is 10.0. The van der Waals surface area contributed by atoms with E-state index in [9.17, 15) is 4.79 Å². The SMILES string of the molecule is CC(=O)OC(C)C.CCC. The Morgan fingerprint density at radius 2 is 1.70 bits per heavy atom. The van der Waals surface area contributed by atoms with E-state index in [1.165, 1.54) is 13.3 Å². The van der Waals surface area contributed by atoms with Crippen LogP contribution in [0.25, 0.3) is 0 Å². The third-order valence-corrected chi connectivity index (χ3v) is 0.402. The van der Waals surface area contributed by atoms with Crippen molar-refractivity contribution >= 4 is 5.97 Å². The molecule has 2 heteroatoms. The van der Waals surface area contributed by atoms with Crippen molar-refractivity contribution < 1.29 is 9.53 Å². The Labute approximate surface area is 63.6 Å². The van der Waals surface area contributed by atoms with Crippen molar-refractivity contribution in [3.05, 3.63) is 0 Å². The molecular weight excluding hydrogens is 128 g/mol. The predicted octanol–water partition coefficient (Wildman–Crippen LogP) is 2.37. The number of rotatable bonds is 1. The highest BCUT2D eigenvalue weighted by molar-refractivity contribution is 5.66. The van der Waals surface area contributed by atoms with Gasteiger partial charge in [-0.15, -0.1) is 0 Å². The molecule has 0 amide bonds. The van der Waals surface area contributed by atoms with Crippen molar-refractivity contribution in [2.75, 3.05) is 0 Å². The first-order chi connectivity index (χ1) is 4.54. The average Bonchev–Trinajstić information content (AvgIpc) is 1.62. The van der Waals surface area contributed by atoms with Gasteiger partial charge in [0.05, 0.1) is 6.10 Å². The van der Waals surface area contributed by atoms with Crippen LogP contribution in [0.2, 0.25) is 0 Å². The summed E-state index contributed by atoms with van der Waals surface area (Å²) in [6, 6.07) is 0. The molecule has 2 nitrogen and oxygen atoms in total. The summed E-state index contributed by atoms with van der Waals surface area (Å²) in [5.74, 6) is -0.213. The molecule has 0 aliphatic heterocycles. The molecule has 0 heterocycles. The monoisotopic (exact) mass is 146 g/mol. The third kappa shape index (κ3) is 26.0.